The lowest BCUT2D eigenvalue weighted by Gasteiger charge is -2.14. The summed E-state index contributed by atoms with van der Waals surface area (Å²) in [5, 5.41) is 7.39. The SMILES string of the molecule is COc1cc(C(=O)NNC(=O)c2n[nH]c3ccccc23)cc(OC)c1OC. The summed E-state index contributed by atoms with van der Waals surface area (Å²) >= 11 is 0. The van der Waals surface area contributed by atoms with Crippen LogP contribution in [-0.4, -0.2) is 43.3 Å². The summed E-state index contributed by atoms with van der Waals surface area (Å²) in [7, 11) is 4.36. The maximum Gasteiger partial charge on any atom is 0.290 e. The lowest BCUT2D eigenvalue weighted by Crippen LogP contribution is -2.41. The van der Waals surface area contributed by atoms with Gasteiger partial charge >= 0.3 is 0 Å². The number of nitrogens with one attached hydrogen (secondary N) is 3. The molecule has 9 nitrogen and oxygen atoms in total. The van der Waals surface area contributed by atoms with E-state index < -0.39 is 11.8 Å². The van der Waals surface area contributed by atoms with Crippen LogP contribution in [0.2, 0.25) is 0 Å². The number of aromatic nitrogens is 2. The monoisotopic (exact) mass is 370 g/mol. The summed E-state index contributed by atoms with van der Waals surface area (Å²) in [4.78, 5) is 24.7. The van der Waals surface area contributed by atoms with Crippen LogP contribution in [0.5, 0.6) is 17.2 Å². The van der Waals surface area contributed by atoms with Gasteiger partial charge in [-0.15, -0.1) is 0 Å². The molecule has 3 rings (SSSR count). The Morgan fingerprint density at radius 3 is 2.19 bits per heavy atom. The van der Waals surface area contributed by atoms with Gasteiger partial charge in [-0.1, -0.05) is 18.2 Å². The van der Waals surface area contributed by atoms with Crippen LogP contribution in [0.3, 0.4) is 0 Å². The number of nitrogens with zero attached hydrogens (tertiary/aromatic N) is 1. The molecule has 3 N–H and O–H groups in total. The Hall–Kier alpha value is -3.75. The number of benzene rings is 2. The predicted molar refractivity (Wildman–Crippen MR) is 97.1 cm³/mol. The molecule has 0 radical (unpaired) electrons. The highest BCUT2D eigenvalue weighted by Gasteiger charge is 2.19. The average molecular weight is 370 g/mol. The van der Waals surface area contributed by atoms with Gasteiger partial charge in [0.1, 0.15) is 0 Å². The van der Waals surface area contributed by atoms with Crippen LogP contribution in [0.15, 0.2) is 36.4 Å². The number of carbonyl (C=O) groups is 2. The molecule has 0 aliphatic rings. The van der Waals surface area contributed by atoms with Gasteiger partial charge in [0.25, 0.3) is 11.8 Å². The van der Waals surface area contributed by atoms with Gasteiger partial charge in [0.05, 0.1) is 26.8 Å². The van der Waals surface area contributed by atoms with Gasteiger partial charge in [-0.25, -0.2) is 0 Å². The second kappa shape index (κ2) is 7.65. The Kier molecular flexibility index (Phi) is 5.11. The molecule has 0 fully saturated rings. The molecule has 1 heterocycles. The van der Waals surface area contributed by atoms with Crippen molar-refractivity contribution in [1.29, 1.82) is 0 Å². The Bertz CT molecular complexity index is 973. The quantitative estimate of drug-likeness (QED) is 0.589. The second-order valence-corrected chi connectivity index (χ2v) is 5.44. The molecule has 0 aliphatic heterocycles. The van der Waals surface area contributed by atoms with Gasteiger partial charge in [-0.2, -0.15) is 5.10 Å². The van der Waals surface area contributed by atoms with Gasteiger partial charge in [0.2, 0.25) is 5.75 Å². The van der Waals surface area contributed by atoms with Crippen molar-refractivity contribution in [2.45, 2.75) is 0 Å². The smallest absolute Gasteiger partial charge is 0.290 e. The molecule has 3 aromatic rings. The lowest BCUT2D eigenvalue weighted by atomic mass is 10.1. The summed E-state index contributed by atoms with van der Waals surface area (Å²) in [6.07, 6.45) is 0. The van der Waals surface area contributed by atoms with E-state index in [2.05, 4.69) is 21.0 Å². The van der Waals surface area contributed by atoms with Crippen molar-refractivity contribution in [2.24, 2.45) is 0 Å². The van der Waals surface area contributed by atoms with Gasteiger partial charge in [-0.05, 0) is 18.2 Å². The highest BCUT2D eigenvalue weighted by Crippen LogP contribution is 2.38. The largest absolute Gasteiger partial charge is 0.493 e. The number of hydrogen-bond acceptors (Lipinski definition) is 6. The Labute approximate surface area is 154 Å². The molecule has 1 aromatic heterocycles. The van der Waals surface area contributed by atoms with E-state index >= 15 is 0 Å². The van der Waals surface area contributed by atoms with Gasteiger partial charge in [-0.3, -0.25) is 25.5 Å². The number of rotatable bonds is 5. The highest BCUT2D eigenvalue weighted by atomic mass is 16.5. The van der Waals surface area contributed by atoms with Crippen molar-refractivity contribution in [3.63, 3.8) is 0 Å². The Balaban J connectivity index is 1.76. The predicted octanol–water partition coefficient (Wildman–Crippen LogP) is 1.66. The molecule has 0 aliphatic carbocycles. The summed E-state index contributed by atoms with van der Waals surface area (Å²) in [5.41, 5.74) is 5.81. The molecule has 0 spiro atoms. The summed E-state index contributed by atoms with van der Waals surface area (Å²) in [5.74, 6) is -0.0856. The van der Waals surface area contributed by atoms with Crippen molar-refractivity contribution in [2.75, 3.05) is 21.3 Å². The molecule has 0 unspecified atom stereocenters. The molecule has 0 saturated carbocycles. The van der Waals surface area contributed by atoms with Crippen LogP contribution in [0.4, 0.5) is 0 Å². The molecule has 2 amide bonds. The third kappa shape index (κ3) is 3.47. The fraction of sp³-hybridized carbons (Fsp3) is 0.167. The molecule has 2 aromatic carbocycles. The van der Waals surface area contributed by atoms with Crippen LogP contribution < -0.4 is 25.1 Å². The molecule has 0 saturated heterocycles. The van der Waals surface area contributed by atoms with Crippen molar-refractivity contribution in [3.05, 3.63) is 47.7 Å². The summed E-state index contributed by atoms with van der Waals surface area (Å²) in [6, 6.07) is 10.1. The number of amides is 2. The van der Waals surface area contributed by atoms with Crippen molar-refractivity contribution < 1.29 is 23.8 Å². The van der Waals surface area contributed by atoms with E-state index in [0.717, 1.165) is 5.52 Å². The zero-order chi connectivity index (χ0) is 19.4. The number of hydrogen-bond donors (Lipinski definition) is 3. The number of carbonyl (C=O) groups excluding carboxylic acids is 2. The van der Waals surface area contributed by atoms with Crippen LogP contribution in [0.25, 0.3) is 10.9 Å². The van der Waals surface area contributed by atoms with E-state index in [1.807, 2.05) is 6.07 Å². The average Bonchev–Trinajstić information content (AvgIpc) is 3.14. The lowest BCUT2D eigenvalue weighted by molar-refractivity contribution is 0.0844. The van der Waals surface area contributed by atoms with Gasteiger partial charge in [0, 0.05) is 10.9 Å². The minimum Gasteiger partial charge on any atom is -0.493 e. The molecular weight excluding hydrogens is 352 g/mol. The zero-order valence-corrected chi connectivity index (χ0v) is 15.0. The first-order valence-corrected chi connectivity index (χ1v) is 7.92. The highest BCUT2D eigenvalue weighted by molar-refractivity contribution is 6.06. The zero-order valence-electron chi connectivity index (χ0n) is 15.0. The topological polar surface area (TPSA) is 115 Å². The maximum absolute atomic E-state index is 12.4. The number of para-hydroxylation sites is 1. The first-order chi connectivity index (χ1) is 13.1. The molecule has 0 atom stereocenters. The minimum absolute atomic E-state index is 0.177. The number of fused-ring (bicyclic) bond motifs is 1. The van der Waals surface area contributed by atoms with Crippen LogP contribution >= 0.6 is 0 Å². The number of ether oxygens (including phenoxy) is 3. The molecule has 9 heteroatoms. The standard InChI is InChI=1S/C18H18N4O5/c1-25-13-8-10(9-14(26-2)16(13)27-3)17(23)21-22-18(24)15-11-6-4-5-7-12(11)19-20-15/h4-9H,1-3H3,(H,19,20)(H,21,23)(H,22,24). The fourth-order valence-electron chi connectivity index (χ4n) is 2.59. The molecule has 27 heavy (non-hydrogen) atoms. The van der Waals surface area contributed by atoms with Crippen molar-refractivity contribution >= 4 is 22.7 Å². The van der Waals surface area contributed by atoms with Gasteiger partial charge in [0.15, 0.2) is 17.2 Å². The first-order valence-electron chi connectivity index (χ1n) is 7.92. The number of hydrazine groups is 1. The van der Waals surface area contributed by atoms with E-state index in [1.54, 1.807) is 18.2 Å². The normalized spacial score (nSPS) is 10.3. The van der Waals surface area contributed by atoms with Crippen LogP contribution in [0, 0.1) is 0 Å². The Morgan fingerprint density at radius 1 is 0.926 bits per heavy atom. The van der Waals surface area contributed by atoms with E-state index in [1.165, 1.54) is 33.5 Å². The number of methoxy groups -OCH3 is 3. The van der Waals surface area contributed by atoms with Crippen molar-refractivity contribution in [3.8, 4) is 17.2 Å². The number of H-pyrrole nitrogens is 1. The second-order valence-electron chi connectivity index (χ2n) is 5.44. The summed E-state index contributed by atoms with van der Waals surface area (Å²) in [6.45, 7) is 0. The first kappa shape index (κ1) is 18.1. The van der Waals surface area contributed by atoms with E-state index in [9.17, 15) is 9.59 Å². The fourth-order valence-corrected chi connectivity index (χ4v) is 2.59. The maximum atomic E-state index is 12.4. The minimum atomic E-state index is -0.553. The van der Waals surface area contributed by atoms with E-state index in [0.29, 0.717) is 22.6 Å². The molecule has 140 valence electrons. The van der Waals surface area contributed by atoms with E-state index in [4.69, 9.17) is 14.2 Å². The number of aromatic amines is 1. The Morgan fingerprint density at radius 2 is 1.56 bits per heavy atom. The molecule has 0 bridgehead atoms. The third-order valence-corrected chi connectivity index (χ3v) is 3.90. The molecular formula is C18H18N4O5. The van der Waals surface area contributed by atoms with Crippen LogP contribution in [0.1, 0.15) is 20.8 Å². The van der Waals surface area contributed by atoms with E-state index in [-0.39, 0.29) is 11.3 Å². The third-order valence-electron chi connectivity index (χ3n) is 3.90. The summed E-state index contributed by atoms with van der Waals surface area (Å²) < 4.78 is 15.6. The van der Waals surface area contributed by atoms with Crippen LogP contribution in [-0.2, 0) is 0 Å². The van der Waals surface area contributed by atoms with Gasteiger partial charge < -0.3 is 14.2 Å². The van der Waals surface area contributed by atoms with Crippen molar-refractivity contribution in [1.82, 2.24) is 21.0 Å².